The summed E-state index contributed by atoms with van der Waals surface area (Å²) in [6.45, 7) is 3.99. The molecule has 170 valence electrons. The Balaban J connectivity index is 1.42. The van der Waals surface area contributed by atoms with Gasteiger partial charge < -0.3 is 4.98 Å². The van der Waals surface area contributed by atoms with Crippen molar-refractivity contribution >= 4 is 10.9 Å². The number of tetrazole rings is 1. The normalized spacial score (nSPS) is 14.5. The van der Waals surface area contributed by atoms with E-state index in [1.807, 2.05) is 28.9 Å². The first-order valence-corrected chi connectivity index (χ1v) is 11.9. The summed E-state index contributed by atoms with van der Waals surface area (Å²) in [5, 5.41) is 13.6. The molecule has 0 atom stereocenters. The number of benzene rings is 2. The maximum absolute atomic E-state index is 12.9. The number of nitrogens with one attached hydrogen (secondary N) is 1. The first-order valence-electron chi connectivity index (χ1n) is 11.9. The molecule has 4 aromatic rings. The van der Waals surface area contributed by atoms with E-state index < -0.39 is 0 Å². The van der Waals surface area contributed by atoms with Crippen LogP contribution in [0.5, 0.6) is 0 Å². The largest absolute Gasteiger partial charge is 0.322 e. The number of aromatic amines is 1. The fourth-order valence-electron chi connectivity index (χ4n) is 4.84. The highest BCUT2D eigenvalue weighted by atomic mass is 16.1. The van der Waals surface area contributed by atoms with E-state index in [2.05, 4.69) is 62.7 Å². The lowest BCUT2D eigenvalue weighted by Gasteiger charge is -2.28. The molecule has 0 amide bonds. The number of aromatic nitrogens is 5. The standard InChI is InChI=1S/C26H30N6O/c1-2-19-12-13-24-21(14-19)15-22(26(33)27-24)17-31(23-10-6-7-11-23)18-25-28-29-30-32(25)16-20-8-4-3-5-9-20/h3-5,8-9,12-15,23H,2,6-7,10-11,16-18H2,1H3,(H,27,33). The van der Waals surface area contributed by atoms with E-state index in [1.165, 1.54) is 18.4 Å². The summed E-state index contributed by atoms with van der Waals surface area (Å²) < 4.78 is 1.87. The van der Waals surface area contributed by atoms with Crippen molar-refractivity contribution in [3.05, 3.63) is 87.5 Å². The van der Waals surface area contributed by atoms with Gasteiger partial charge in [0.1, 0.15) is 0 Å². The van der Waals surface area contributed by atoms with Crippen molar-refractivity contribution in [2.45, 2.75) is 64.7 Å². The molecule has 5 rings (SSSR count). The summed E-state index contributed by atoms with van der Waals surface area (Å²) in [5.74, 6) is 0.830. The van der Waals surface area contributed by atoms with Crippen LogP contribution in [0.25, 0.3) is 10.9 Å². The molecular weight excluding hydrogens is 412 g/mol. The molecule has 1 aliphatic rings. The second-order valence-corrected chi connectivity index (χ2v) is 8.98. The van der Waals surface area contributed by atoms with Gasteiger partial charge >= 0.3 is 0 Å². The summed E-state index contributed by atoms with van der Waals surface area (Å²) in [4.78, 5) is 18.4. The van der Waals surface area contributed by atoms with Gasteiger partial charge in [0.15, 0.2) is 5.82 Å². The lowest BCUT2D eigenvalue weighted by Crippen LogP contribution is -2.35. The van der Waals surface area contributed by atoms with Crippen LogP contribution >= 0.6 is 0 Å². The molecule has 1 saturated carbocycles. The molecule has 1 fully saturated rings. The fourth-order valence-corrected chi connectivity index (χ4v) is 4.84. The molecule has 7 heteroatoms. The summed E-state index contributed by atoms with van der Waals surface area (Å²) in [5.41, 5.74) is 4.10. The molecule has 0 saturated heterocycles. The van der Waals surface area contributed by atoms with Gasteiger partial charge in [-0.3, -0.25) is 9.69 Å². The lowest BCUT2D eigenvalue weighted by molar-refractivity contribution is 0.172. The van der Waals surface area contributed by atoms with Gasteiger partial charge in [0.25, 0.3) is 5.56 Å². The molecule has 0 unspecified atom stereocenters. The van der Waals surface area contributed by atoms with Gasteiger partial charge in [0.05, 0.1) is 13.1 Å². The number of pyridine rings is 1. The minimum Gasteiger partial charge on any atom is -0.322 e. The average molecular weight is 443 g/mol. The maximum Gasteiger partial charge on any atom is 0.252 e. The van der Waals surface area contributed by atoms with Crippen LogP contribution < -0.4 is 5.56 Å². The number of hydrogen-bond acceptors (Lipinski definition) is 5. The predicted octanol–water partition coefficient (Wildman–Crippen LogP) is 4.07. The third kappa shape index (κ3) is 4.88. The Kier molecular flexibility index (Phi) is 6.30. The zero-order chi connectivity index (χ0) is 22.6. The van der Waals surface area contributed by atoms with Gasteiger partial charge in [-0.05, 0) is 64.4 Å². The zero-order valence-electron chi connectivity index (χ0n) is 19.1. The van der Waals surface area contributed by atoms with Gasteiger partial charge in [0.2, 0.25) is 0 Å². The molecule has 7 nitrogen and oxygen atoms in total. The van der Waals surface area contributed by atoms with E-state index in [1.54, 1.807) is 0 Å². The predicted molar refractivity (Wildman–Crippen MR) is 129 cm³/mol. The van der Waals surface area contributed by atoms with Crippen LogP contribution in [-0.2, 0) is 26.1 Å². The SMILES string of the molecule is CCc1ccc2[nH]c(=O)c(CN(Cc3nnnn3Cc3ccccc3)C3CCCC3)cc2c1. The Morgan fingerprint density at radius 2 is 1.85 bits per heavy atom. The highest BCUT2D eigenvalue weighted by Gasteiger charge is 2.25. The third-order valence-corrected chi connectivity index (χ3v) is 6.73. The van der Waals surface area contributed by atoms with E-state index in [9.17, 15) is 4.79 Å². The monoisotopic (exact) mass is 442 g/mol. The van der Waals surface area contributed by atoms with Crippen molar-refractivity contribution in [3.8, 4) is 0 Å². The number of hydrogen-bond donors (Lipinski definition) is 1. The van der Waals surface area contributed by atoms with Crippen molar-refractivity contribution in [2.75, 3.05) is 0 Å². The third-order valence-electron chi connectivity index (χ3n) is 6.73. The molecule has 0 spiro atoms. The summed E-state index contributed by atoms with van der Waals surface area (Å²) >= 11 is 0. The molecule has 33 heavy (non-hydrogen) atoms. The lowest BCUT2D eigenvalue weighted by atomic mass is 10.1. The number of fused-ring (bicyclic) bond motifs is 1. The maximum atomic E-state index is 12.9. The minimum atomic E-state index is -0.0152. The molecule has 2 aromatic carbocycles. The summed E-state index contributed by atoms with van der Waals surface area (Å²) in [7, 11) is 0. The van der Waals surface area contributed by atoms with Crippen LogP contribution in [0.1, 0.15) is 55.1 Å². The molecular formula is C26H30N6O. The van der Waals surface area contributed by atoms with E-state index in [0.29, 0.717) is 25.7 Å². The van der Waals surface area contributed by atoms with Crippen LogP contribution in [-0.4, -0.2) is 36.1 Å². The van der Waals surface area contributed by atoms with E-state index >= 15 is 0 Å². The average Bonchev–Trinajstić information content (AvgIpc) is 3.52. The van der Waals surface area contributed by atoms with E-state index in [-0.39, 0.29) is 5.56 Å². The smallest absolute Gasteiger partial charge is 0.252 e. The van der Waals surface area contributed by atoms with Crippen molar-refractivity contribution in [1.29, 1.82) is 0 Å². The van der Waals surface area contributed by atoms with Crippen LogP contribution in [0, 0.1) is 0 Å². The fraction of sp³-hybridized carbons (Fsp3) is 0.385. The molecule has 1 N–H and O–H groups in total. The second-order valence-electron chi connectivity index (χ2n) is 8.98. The number of aryl methyl sites for hydroxylation is 1. The Labute approximate surface area is 193 Å². The Morgan fingerprint density at radius 1 is 1.03 bits per heavy atom. The number of H-pyrrole nitrogens is 1. The van der Waals surface area contributed by atoms with Crippen molar-refractivity contribution in [1.82, 2.24) is 30.1 Å². The first kappa shape index (κ1) is 21.5. The minimum absolute atomic E-state index is 0.0152. The molecule has 2 aromatic heterocycles. The van der Waals surface area contributed by atoms with Crippen LogP contribution in [0.15, 0.2) is 59.4 Å². The Bertz CT molecular complexity index is 1270. The van der Waals surface area contributed by atoms with E-state index in [4.69, 9.17) is 0 Å². The van der Waals surface area contributed by atoms with E-state index in [0.717, 1.165) is 47.1 Å². The van der Waals surface area contributed by atoms with Crippen LogP contribution in [0.2, 0.25) is 0 Å². The molecule has 0 aliphatic heterocycles. The van der Waals surface area contributed by atoms with Gasteiger partial charge in [-0.25, -0.2) is 4.68 Å². The Morgan fingerprint density at radius 3 is 2.64 bits per heavy atom. The highest BCUT2D eigenvalue weighted by molar-refractivity contribution is 5.79. The topological polar surface area (TPSA) is 79.7 Å². The Hall–Kier alpha value is -3.32. The summed E-state index contributed by atoms with van der Waals surface area (Å²) in [6, 6.07) is 19.0. The molecule has 2 heterocycles. The van der Waals surface area contributed by atoms with Crippen molar-refractivity contribution in [3.63, 3.8) is 0 Å². The quantitative estimate of drug-likeness (QED) is 0.445. The summed E-state index contributed by atoms with van der Waals surface area (Å²) in [6.07, 6.45) is 5.72. The van der Waals surface area contributed by atoms with Gasteiger partial charge in [-0.15, -0.1) is 5.10 Å². The first-order chi connectivity index (χ1) is 16.2. The van der Waals surface area contributed by atoms with Gasteiger partial charge in [-0.2, -0.15) is 0 Å². The van der Waals surface area contributed by atoms with Crippen molar-refractivity contribution < 1.29 is 0 Å². The van der Waals surface area contributed by atoms with Gasteiger partial charge in [0, 0.05) is 23.7 Å². The van der Waals surface area contributed by atoms with Gasteiger partial charge in [-0.1, -0.05) is 56.2 Å². The molecule has 1 aliphatic carbocycles. The second kappa shape index (κ2) is 9.67. The van der Waals surface area contributed by atoms with Crippen molar-refractivity contribution in [2.24, 2.45) is 0 Å². The number of rotatable bonds is 8. The molecule has 0 radical (unpaired) electrons. The number of nitrogens with zero attached hydrogens (tertiary/aromatic N) is 5. The van der Waals surface area contributed by atoms with Crippen LogP contribution in [0.4, 0.5) is 0 Å². The zero-order valence-corrected chi connectivity index (χ0v) is 19.1. The highest BCUT2D eigenvalue weighted by Crippen LogP contribution is 2.26. The van der Waals surface area contributed by atoms with Crippen LogP contribution in [0.3, 0.4) is 0 Å². The molecule has 0 bridgehead atoms.